The Hall–Kier alpha value is -1.90. The SMILES string of the molecule is Cc1ccccc1[C@H]1CC(=O)NC2=C1C(=O)CCC2. The lowest BCUT2D eigenvalue weighted by atomic mass is 9.77. The monoisotopic (exact) mass is 255 g/mol. The minimum atomic E-state index is -0.0576. The number of carbonyl (C=O) groups excluding carboxylic acids is 2. The molecule has 3 heteroatoms. The van der Waals surface area contributed by atoms with Crippen LogP contribution in [-0.2, 0) is 9.59 Å². The maximum atomic E-state index is 12.2. The summed E-state index contributed by atoms with van der Waals surface area (Å²) in [6.07, 6.45) is 2.65. The fourth-order valence-electron chi connectivity index (χ4n) is 3.15. The number of allylic oxidation sites excluding steroid dienone is 2. The molecule has 1 aromatic carbocycles. The molecule has 1 amide bonds. The summed E-state index contributed by atoms with van der Waals surface area (Å²) in [5.74, 6) is 0.175. The number of amides is 1. The van der Waals surface area contributed by atoms with Crippen molar-refractivity contribution in [2.45, 2.75) is 38.5 Å². The number of aryl methyl sites for hydroxylation is 1. The minimum absolute atomic E-state index is 0.0294. The molecule has 0 spiro atoms. The van der Waals surface area contributed by atoms with Gasteiger partial charge in [-0.15, -0.1) is 0 Å². The zero-order chi connectivity index (χ0) is 13.4. The second kappa shape index (κ2) is 4.65. The minimum Gasteiger partial charge on any atom is -0.329 e. The average molecular weight is 255 g/mol. The van der Waals surface area contributed by atoms with Crippen LogP contribution < -0.4 is 5.32 Å². The van der Waals surface area contributed by atoms with E-state index in [2.05, 4.69) is 5.32 Å². The highest BCUT2D eigenvalue weighted by molar-refractivity contribution is 6.01. The Kier molecular flexibility index (Phi) is 2.97. The number of carbonyl (C=O) groups is 2. The number of Topliss-reactive ketones (excluding diaryl/α,β-unsaturated/α-hetero) is 1. The fraction of sp³-hybridized carbons (Fsp3) is 0.375. The lowest BCUT2D eigenvalue weighted by Gasteiger charge is -2.31. The van der Waals surface area contributed by atoms with Crippen molar-refractivity contribution in [2.24, 2.45) is 0 Å². The summed E-state index contributed by atoms with van der Waals surface area (Å²) in [5.41, 5.74) is 3.97. The van der Waals surface area contributed by atoms with Crippen molar-refractivity contribution in [1.82, 2.24) is 5.32 Å². The largest absolute Gasteiger partial charge is 0.329 e. The predicted molar refractivity (Wildman–Crippen MR) is 72.6 cm³/mol. The van der Waals surface area contributed by atoms with Crippen LogP contribution >= 0.6 is 0 Å². The van der Waals surface area contributed by atoms with Crippen molar-refractivity contribution in [1.29, 1.82) is 0 Å². The molecule has 0 unspecified atom stereocenters. The first-order valence-electron chi connectivity index (χ1n) is 6.78. The van der Waals surface area contributed by atoms with E-state index in [1.54, 1.807) is 0 Å². The van der Waals surface area contributed by atoms with E-state index in [4.69, 9.17) is 0 Å². The van der Waals surface area contributed by atoms with Crippen LogP contribution in [0.15, 0.2) is 35.5 Å². The number of hydrogen-bond donors (Lipinski definition) is 1. The molecule has 0 saturated carbocycles. The molecule has 3 nitrogen and oxygen atoms in total. The highest BCUT2D eigenvalue weighted by Crippen LogP contribution is 2.38. The van der Waals surface area contributed by atoms with Crippen molar-refractivity contribution in [3.05, 3.63) is 46.7 Å². The van der Waals surface area contributed by atoms with E-state index in [-0.39, 0.29) is 17.6 Å². The predicted octanol–water partition coefficient (Wildman–Crippen LogP) is 2.61. The highest BCUT2D eigenvalue weighted by atomic mass is 16.2. The van der Waals surface area contributed by atoms with E-state index in [0.717, 1.165) is 35.2 Å². The standard InChI is InChI=1S/C16H17NO2/c1-10-5-2-3-6-11(10)12-9-15(19)17-13-7-4-8-14(18)16(12)13/h2-3,5-6,12H,4,7-9H2,1H3,(H,17,19)/t12-/m1/s1. The first-order valence-corrected chi connectivity index (χ1v) is 6.78. The third-order valence-electron chi connectivity index (χ3n) is 4.05. The third kappa shape index (κ3) is 2.09. The van der Waals surface area contributed by atoms with Crippen LogP contribution in [0.4, 0.5) is 0 Å². The van der Waals surface area contributed by atoms with Gasteiger partial charge in [0.15, 0.2) is 5.78 Å². The molecular formula is C16H17NO2. The Morgan fingerprint density at radius 1 is 1.16 bits per heavy atom. The molecule has 0 aromatic heterocycles. The van der Waals surface area contributed by atoms with Crippen molar-refractivity contribution in [2.75, 3.05) is 0 Å². The van der Waals surface area contributed by atoms with E-state index in [9.17, 15) is 9.59 Å². The molecule has 1 aromatic rings. The first-order chi connectivity index (χ1) is 9.16. The second-order valence-electron chi connectivity index (χ2n) is 5.33. The van der Waals surface area contributed by atoms with Gasteiger partial charge in [0.25, 0.3) is 0 Å². The summed E-state index contributed by atoms with van der Waals surface area (Å²) < 4.78 is 0. The van der Waals surface area contributed by atoms with Crippen LogP contribution in [0.25, 0.3) is 0 Å². The lowest BCUT2D eigenvalue weighted by Crippen LogP contribution is -2.36. The Bertz CT molecular complexity index is 586. The summed E-state index contributed by atoms with van der Waals surface area (Å²) in [6.45, 7) is 2.04. The summed E-state index contributed by atoms with van der Waals surface area (Å²) in [4.78, 5) is 24.1. The Morgan fingerprint density at radius 2 is 1.95 bits per heavy atom. The molecule has 1 aliphatic carbocycles. The third-order valence-corrected chi connectivity index (χ3v) is 4.05. The van der Waals surface area contributed by atoms with E-state index < -0.39 is 0 Å². The van der Waals surface area contributed by atoms with Gasteiger partial charge in [0.05, 0.1) is 0 Å². The molecule has 0 fully saturated rings. The van der Waals surface area contributed by atoms with Crippen molar-refractivity contribution >= 4 is 11.7 Å². The number of hydrogen-bond acceptors (Lipinski definition) is 2. The van der Waals surface area contributed by atoms with Gasteiger partial charge in [-0.3, -0.25) is 9.59 Å². The summed E-state index contributed by atoms with van der Waals surface area (Å²) in [7, 11) is 0. The zero-order valence-electron chi connectivity index (χ0n) is 11.0. The number of rotatable bonds is 1. The Morgan fingerprint density at radius 3 is 2.74 bits per heavy atom. The van der Waals surface area contributed by atoms with Crippen LogP contribution in [0.2, 0.25) is 0 Å². The van der Waals surface area contributed by atoms with E-state index >= 15 is 0 Å². The van der Waals surface area contributed by atoms with Crippen molar-refractivity contribution in [3.8, 4) is 0 Å². The molecule has 19 heavy (non-hydrogen) atoms. The Balaban J connectivity index is 2.11. The van der Waals surface area contributed by atoms with Gasteiger partial charge in [0.2, 0.25) is 5.91 Å². The van der Waals surface area contributed by atoms with Gasteiger partial charge in [0.1, 0.15) is 0 Å². The van der Waals surface area contributed by atoms with Crippen LogP contribution in [0.5, 0.6) is 0 Å². The number of ketones is 1. The van der Waals surface area contributed by atoms with Gasteiger partial charge in [-0.1, -0.05) is 24.3 Å². The first kappa shape index (κ1) is 12.2. The molecular weight excluding hydrogens is 238 g/mol. The van der Waals surface area contributed by atoms with Crippen LogP contribution in [0.3, 0.4) is 0 Å². The summed E-state index contributed by atoms with van der Waals surface area (Å²) >= 11 is 0. The summed E-state index contributed by atoms with van der Waals surface area (Å²) in [6, 6.07) is 8.03. The molecule has 98 valence electrons. The van der Waals surface area contributed by atoms with Gasteiger partial charge in [-0.25, -0.2) is 0 Å². The van der Waals surface area contributed by atoms with Crippen LogP contribution in [0, 0.1) is 6.92 Å². The van der Waals surface area contributed by atoms with Gasteiger partial charge in [-0.2, -0.15) is 0 Å². The summed E-state index contributed by atoms with van der Waals surface area (Å²) in [5, 5.41) is 2.89. The highest BCUT2D eigenvalue weighted by Gasteiger charge is 2.35. The topological polar surface area (TPSA) is 46.2 Å². The maximum absolute atomic E-state index is 12.2. The number of benzene rings is 1. The molecule has 2 aliphatic rings. The maximum Gasteiger partial charge on any atom is 0.225 e. The zero-order valence-corrected chi connectivity index (χ0v) is 11.0. The van der Waals surface area contributed by atoms with Crippen molar-refractivity contribution in [3.63, 3.8) is 0 Å². The molecule has 1 aliphatic heterocycles. The number of nitrogens with one attached hydrogen (secondary N) is 1. The van der Waals surface area contributed by atoms with Gasteiger partial charge in [0, 0.05) is 30.0 Å². The average Bonchev–Trinajstić information content (AvgIpc) is 2.38. The normalized spacial score (nSPS) is 23.1. The van der Waals surface area contributed by atoms with Gasteiger partial charge in [-0.05, 0) is 30.9 Å². The van der Waals surface area contributed by atoms with E-state index in [1.807, 2.05) is 31.2 Å². The van der Waals surface area contributed by atoms with Crippen molar-refractivity contribution < 1.29 is 9.59 Å². The van der Waals surface area contributed by atoms with E-state index in [1.165, 1.54) is 0 Å². The van der Waals surface area contributed by atoms with Crippen LogP contribution in [0.1, 0.15) is 42.7 Å². The van der Waals surface area contributed by atoms with E-state index in [0.29, 0.717) is 12.8 Å². The van der Waals surface area contributed by atoms with Gasteiger partial charge < -0.3 is 5.32 Å². The van der Waals surface area contributed by atoms with Gasteiger partial charge >= 0.3 is 0 Å². The smallest absolute Gasteiger partial charge is 0.225 e. The molecule has 0 saturated heterocycles. The van der Waals surface area contributed by atoms with Crippen LogP contribution in [-0.4, -0.2) is 11.7 Å². The molecule has 1 heterocycles. The molecule has 3 rings (SSSR count). The molecule has 1 N–H and O–H groups in total. The molecule has 1 atom stereocenters. The quantitative estimate of drug-likeness (QED) is 0.838. The fourth-order valence-corrected chi connectivity index (χ4v) is 3.15. The second-order valence-corrected chi connectivity index (χ2v) is 5.33. The lowest BCUT2D eigenvalue weighted by molar-refractivity contribution is -0.122. The molecule has 0 bridgehead atoms. The molecule has 0 radical (unpaired) electrons. The Labute approximate surface area is 112 Å².